The van der Waals surface area contributed by atoms with Gasteiger partial charge in [-0.1, -0.05) is 218 Å². The van der Waals surface area contributed by atoms with Crippen LogP contribution in [0.5, 0.6) is 0 Å². The van der Waals surface area contributed by atoms with Gasteiger partial charge >= 0.3 is 0 Å². The molecule has 0 unspecified atom stereocenters. The summed E-state index contributed by atoms with van der Waals surface area (Å²) in [6.45, 7) is 0. The Hall–Kier alpha value is -10.0. The summed E-state index contributed by atoms with van der Waals surface area (Å²) in [6, 6.07) is 80.4. The number of nitriles is 2. The van der Waals surface area contributed by atoms with Crippen molar-refractivity contribution >= 4 is 0 Å². The van der Waals surface area contributed by atoms with E-state index in [0.29, 0.717) is 57.2 Å². The lowest BCUT2D eigenvalue weighted by Gasteiger charge is -2.17. The molecule has 0 bridgehead atoms. The maximum Gasteiger partial charge on any atom is 0.164 e. The minimum atomic E-state index is 0.450. The average molecular weight is 895 g/mol. The van der Waals surface area contributed by atoms with Crippen LogP contribution in [0, 0.1) is 22.7 Å². The second-order valence-corrected chi connectivity index (χ2v) is 16.5. The van der Waals surface area contributed by atoms with Crippen molar-refractivity contribution < 1.29 is 0 Å². The van der Waals surface area contributed by atoms with Crippen LogP contribution in [0.2, 0.25) is 0 Å². The summed E-state index contributed by atoms with van der Waals surface area (Å²) in [5, 5.41) is 21.6. The molecular formula is C62H38N8. The van der Waals surface area contributed by atoms with Crippen LogP contribution in [0.4, 0.5) is 0 Å². The lowest BCUT2D eigenvalue weighted by atomic mass is 9.86. The number of rotatable bonds is 10. The Kier molecular flexibility index (Phi) is 11.6. The van der Waals surface area contributed by atoms with Gasteiger partial charge in [-0.2, -0.15) is 10.5 Å². The highest BCUT2D eigenvalue weighted by Gasteiger charge is 2.21. The molecule has 0 fully saturated rings. The van der Waals surface area contributed by atoms with Crippen molar-refractivity contribution in [2.45, 2.75) is 0 Å². The molecule has 0 aliphatic heterocycles. The Balaban J connectivity index is 0.988. The molecule has 8 heteroatoms. The van der Waals surface area contributed by atoms with Gasteiger partial charge < -0.3 is 0 Å². The number of aromatic nitrogens is 6. The molecule has 0 radical (unpaired) electrons. The zero-order valence-corrected chi connectivity index (χ0v) is 37.5. The van der Waals surface area contributed by atoms with Gasteiger partial charge in [0.25, 0.3) is 0 Å². The zero-order chi connectivity index (χ0) is 47.2. The molecule has 0 aliphatic rings. The van der Waals surface area contributed by atoms with E-state index in [9.17, 15) is 10.5 Å². The maximum absolute atomic E-state index is 10.9. The first-order valence-electron chi connectivity index (χ1n) is 22.7. The molecule has 8 nitrogen and oxygen atoms in total. The van der Waals surface area contributed by atoms with Crippen LogP contribution in [0.3, 0.4) is 0 Å². The second-order valence-electron chi connectivity index (χ2n) is 16.5. The van der Waals surface area contributed by atoms with E-state index in [1.807, 2.05) is 200 Å². The predicted molar refractivity (Wildman–Crippen MR) is 277 cm³/mol. The lowest BCUT2D eigenvalue weighted by Crippen LogP contribution is -2.01. The van der Waals surface area contributed by atoms with E-state index >= 15 is 0 Å². The van der Waals surface area contributed by atoms with Gasteiger partial charge in [-0.15, -0.1) is 0 Å². The normalized spacial score (nSPS) is 10.8. The first-order valence-corrected chi connectivity index (χ1v) is 22.7. The van der Waals surface area contributed by atoms with E-state index in [0.717, 1.165) is 66.8 Å². The van der Waals surface area contributed by atoms with Crippen molar-refractivity contribution in [3.63, 3.8) is 0 Å². The average Bonchev–Trinajstić information content (AvgIpc) is 3.45. The topological polar surface area (TPSA) is 125 Å². The van der Waals surface area contributed by atoms with Crippen LogP contribution < -0.4 is 0 Å². The fourth-order valence-electron chi connectivity index (χ4n) is 8.75. The van der Waals surface area contributed by atoms with E-state index in [4.69, 9.17) is 29.9 Å². The van der Waals surface area contributed by atoms with Gasteiger partial charge in [0.1, 0.15) is 0 Å². The predicted octanol–water partition coefficient (Wildman–Crippen LogP) is 14.5. The van der Waals surface area contributed by atoms with Crippen LogP contribution in [-0.2, 0) is 0 Å². The molecule has 9 aromatic carbocycles. The third-order valence-electron chi connectivity index (χ3n) is 12.1. The van der Waals surface area contributed by atoms with Crippen molar-refractivity contribution in [2.75, 3.05) is 0 Å². The smallest absolute Gasteiger partial charge is 0.164 e. The standard InChI is InChI=1S/C62H38N8/c63-39-47-37-45(60-66-57(42-21-7-2-8-22-42)65-58(67-60)43-23-9-3-10-24-43)33-35-50(47)52-28-14-16-30-54(52)55-31-17-15-29-53(55)51-36-34-46(38-48(51)40-64)61-68-59(44-25-11-4-12-26-44)69-62(70-61)56-32-18-13-27-49(56)41-19-5-1-6-20-41/h1-38H. The minimum Gasteiger partial charge on any atom is -0.208 e. The monoisotopic (exact) mass is 894 g/mol. The number of hydrogen-bond acceptors (Lipinski definition) is 8. The van der Waals surface area contributed by atoms with Crippen molar-refractivity contribution in [1.29, 1.82) is 10.5 Å². The summed E-state index contributed by atoms with van der Waals surface area (Å²) in [7, 11) is 0. The van der Waals surface area contributed by atoms with Crippen molar-refractivity contribution in [3.05, 3.63) is 242 Å². The zero-order valence-electron chi connectivity index (χ0n) is 37.5. The number of benzene rings is 9. The molecule has 0 amide bonds. The first kappa shape index (κ1) is 42.6. The third kappa shape index (κ3) is 8.48. The summed E-state index contributed by atoms with van der Waals surface area (Å²) in [4.78, 5) is 29.8. The van der Waals surface area contributed by atoms with Gasteiger partial charge in [0, 0.05) is 44.5 Å². The molecular weight excluding hydrogens is 857 g/mol. The van der Waals surface area contributed by atoms with E-state index in [1.54, 1.807) is 0 Å². The molecule has 0 saturated heterocycles. The maximum atomic E-state index is 10.9. The number of hydrogen-bond donors (Lipinski definition) is 0. The highest BCUT2D eigenvalue weighted by Crippen LogP contribution is 2.42. The minimum absolute atomic E-state index is 0.450. The first-order chi connectivity index (χ1) is 34.6. The van der Waals surface area contributed by atoms with E-state index in [2.05, 4.69) is 42.5 Å². The van der Waals surface area contributed by atoms with Gasteiger partial charge in [-0.3, -0.25) is 0 Å². The molecule has 0 N–H and O–H groups in total. The highest BCUT2D eigenvalue weighted by atomic mass is 15.0. The summed E-state index contributed by atoms with van der Waals surface area (Å²) in [6.07, 6.45) is 0. The quantitative estimate of drug-likeness (QED) is 0.133. The molecule has 11 aromatic rings. The molecule has 70 heavy (non-hydrogen) atoms. The molecule has 0 saturated carbocycles. The fourth-order valence-corrected chi connectivity index (χ4v) is 8.75. The van der Waals surface area contributed by atoms with Crippen LogP contribution in [0.25, 0.3) is 113 Å². The fraction of sp³-hybridized carbons (Fsp3) is 0. The Labute approximate surface area is 405 Å². The van der Waals surface area contributed by atoms with E-state index in [1.165, 1.54) is 0 Å². The molecule has 0 atom stereocenters. The summed E-state index contributed by atoms with van der Waals surface area (Å²) in [5.41, 5.74) is 12.8. The summed E-state index contributed by atoms with van der Waals surface area (Å²) < 4.78 is 0. The Bertz CT molecular complexity index is 3730. The van der Waals surface area contributed by atoms with Gasteiger partial charge in [0.05, 0.1) is 23.3 Å². The van der Waals surface area contributed by atoms with Crippen LogP contribution in [0.1, 0.15) is 11.1 Å². The summed E-state index contributed by atoms with van der Waals surface area (Å²) >= 11 is 0. The largest absolute Gasteiger partial charge is 0.208 e. The Morgan fingerprint density at radius 1 is 0.214 bits per heavy atom. The molecule has 326 valence electrons. The Morgan fingerprint density at radius 2 is 0.486 bits per heavy atom. The molecule has 2 aromatic heterocycles. The second kappa shape index (κ2) is 19.1. The van der Waals surface area contributed by atoms with Crippen LogP contribution in [-0.4, -0.2) is 29.9 Å². The van der Waals surface area contributed by atoms with Gasteiger partial charge in [0.15, 0.2) is 34.9 Å². The highest BCUT2D eigenvalue weighted by molar-refractivity contribution is 5.95. The van der Waals surface area contributed by atoms with E-state index < -0.39 is 0 Å². The Morgan fingerprint density at radius 3 is 0.843 bits per heavy atom. The SMILES string of the molecule is N#Cc1cc(-c2nc(-c3ccccc3)nc(-c3ccccc3)n2)ccc1-c1ccccc1-c1ccccc1-c1ccc(-c2nc(-c3ccccc3)nc(-c3ccccc3-c3ccccc3)n2)cc1C#N. The van der Waals surface area contributed by atoms with Gasteiger partial charge in [-0.25, -0.2) is 29.9 Å². The van der Waals surface area contributed by atoms with Crippen LogP contribution in [0.15, 0.2) is 231 Å². The van der Waals surface area contributed by atoms with Crippen molar-refractivity contribution in [3.8, 4) is 125 Å². The van der Waals surface area contributed by atoms with Gasteiger partial charge in [0.2, 0.25) is 0 Å². The third-order valence-corrected chi connectivity index (χ3v) is 12.1. The van der Waals surface area contributed by atoms with E-state index in [-0.39, 0.29) is 0 Å². The lowest BCUT2D eigenvalue weighted by molar-refractivity contribution is 1.07. The summed E-state index contributed by atoms with van der Waals surface area (Å²) in [5.74, 6) is 3.05. The molecule has 11 rings (SSSR count). The molecule has 0 aliphatic carbocycles. The molecule has 0 spiro atoms. The van der Waals surface area contributed by atoms with Crippen LogP contribution >= 0.6 is 0 Å². The van der Waals surface area contributed by atoms with Crippen molar-refractivity contribution in [2.24, 2.45) is 0 Å². The number of nitrogens with zero attached hydrogens (tertiary/aromatic N) is 8. The molecule has 2 heterocycles. The van der Waals surface area contributed by atoms with Crippen molar-refractivity contribution in [1.82, 2.24) is 29.9 Å². The van der Waals surface area contributed by atoms with Gasteiger partial charge in [-0.05, 0) is 45.5 Å².